The standard InChI is InChI=1S/C23H21F3N4O3/c1-13(15-6-8-16(9-7-15)22(32)33)27-20(31)19-14(2)28-30-11-10-29(21(19)30)18-5-3-4-17(12-18)23(24,25)26/h3-9,12-13H,10-11H2,1-2H3,(H,27,31)(H,32,33)/t13-/m0/s1. The monoisotopic (exact) mass is 458 g/mol. The Morgan fingerprint density at radius 2 is 1.82 bits per heavy atom. The summed E-state index contributed by atoms with van der Waals surface area (Å²) in [6, 6.07) is 10.7. The second-order valence-corrected chi connectivity index (χ2v) is 7.83. The van der Waals surface area contributed by atoms with E-state index in [0.717, 1.165) is 12.1 Å². The maximum atomic E-state index is 13.2. The molecule has 0 radical (unpaired) electrons. The van der Waals surface area contributed by atoms with Gasteiger partial charge >= 0.3 is 12.1 Å². The molecule has 1 amide bonds. The number of nitrogens with zero attached hydrogens (tertiary/aromatic N) is 3. The van der Waals surface area contributed by atoms with Gasteiger partial charge in [0.15, 0.2) is 0 Å². The van der Waals surface area contributed by atoms with Crippen molar-refractivity contribution in [2.24, 2.45) is 0 Å². The topological polar surface area (TPSA) is 87.5 Å². The van der Waals surface area contributed by atoms with E-state index in [1.807, 2.05) is 0 Å². The zero-order valence-electron chi connectivity index (χ0n) is 17.8. The van der Waals surface area contributed by atoms with Crippen LogP contribution in [0.15, 0.2) is 48.5 Å². The van der Waals surface area contributed by atoms with Crippen molar-refractivity contribution in [3.05, 3.63) is 76.5 Å². The maximum absolute atomic E-state index is 13.2. The first-order chi connectivity index (χ1) is 15.6. The lowest BCUT2D eigenvalue weighted by atomic mass is 10.1. The molecule has 1 aliphatic rings. The van der Waals surface area contributed by atoms with Gasteiger partial charge in [0, 0.05) is 12.2 Å². The molecule has 172 valence electrons. The lowest BCUT2D eigenvalue weighted by Gasteiger charge is -2.21. The molecule has 0 unspecified atom stereocenters. The fraction of sp³-hybridized carbons (Fsp3) is 0.261. The van der Waals surface area contributed by atoms with E-state index >= 15 is 0 Å². The number of benzene rings is 2. The molecule has 1 aliphatic heterocycles. The number of aryl methyl sites for hydroxylation is 1. The first-order valence-corrected chi connectivity index (χ1v) is 10.2. The van der Waals surface area contributed by atoms with Crippen LogP contribution < -0.4 is 10.2 Å². The molecule has 2 heterocycles. The number of halogens is 3. The Hall–Kier alpha value is -3.82. The van der Waals surface area contributed by atoms with E-state index in [2.05, 4.69) is 10.4 Å². The van der Waals surface area contributed by atoms with Gasteiger partial charge in [0.1, 0.15) is 11.4 Å². The van der Waals surface area contributed by atoms with Crippen LogP contribution >= 0.6 is 0 Å². The number of carboxylic acid groups (broad SMARTS) is 1. The minimum Gasteiger partial charge on any atom is -0.478 e. The van der Waals surface area contributed by atoms with Gasteiger partial charge in [0.2, 0.25) is 0 Å². The van der Waals surface area contributed by atoms with Crippen molar-refractivity contribution < 1.29 is 27.9 Å². The molecule has 2 aromatic carbocycles. The van der Waals surface area contributed by atoms with Gasteiger partial charge in [-0.2, -0.15) is 18.3 Å². The van der Waals surface area contributed by atoms with Crippen molar-refractivity contribution in [2.45, 2.75) is 32.6 Å². The summed E-state index contributed by atoms with van der Waals surface area (Å²) in [5, 5.41) is 16.3. The molecule has 1 atom stereocenters. The Morgan fingerprint density at radius 1 is 1.12 bits per heavy atom. The van der Waals surface area contributed by atoms with Gasteiger partial charge in [-0.3, -0.25) is 4.79 Å². The Morgan fingerprint density at radius 3 is 2.45 bits per heavy atom. The molecule has 2 N–H and O–H groups in total. The van der Waals surface area contributed by atoms with Crippen molar-refractivity contribution in [3.63, 3.8) is 0 Å². The molecule has 4 rings (SSSR count). The Bertz CT molecular complexity index is 1220. The Labute approximate surface area is 187 Å². The minimum atomic E-state index is -4.47. The maximum Gasteiger partial charge on any atom is 0.416 e. The van der Waals surface area contributed by atoms with Crippen LogP contribution in [0.2, 0.25) is 0 Å². The number of amides is 1. The number of carbonyl (C=O) groups excluding carboxylic acids is 1. The highest BCUT2D eigenvalue weighted by atomic mass is 19.4. The Balaban J connectivity index is 1.62. The third-order valence-electron chi connectivity index (χ3n) is 5.61. The molecule has 0 bridgehead atoms. The van der Waals surface area contributed by atoms with Crippen LogP contribution in [0.25, 0.3) is 0 Å². The van der Waals surface area contributed by atoms with Crippen LogP contribution in [0.1, 0.15) is 50.5 Å². The summed E-state index contributed by atoms with van der Waals surface area (Å²) in [4.78, 5) is 25.9. The minimum absolute atomic E-state index is 0.138. The van der Waals surface area contributed by atoms with E-state index in [4.69, 9.17) is 5.11 Å². The highest BCUT2D eigenvalue weighted by molar-refractivity contribution is 6.01. The SMILES string of the molecule is Cc1nn2c(c1C(=O)N[C@@H](C)c1ccc(C(=O)O)cc1)N(c1cccc(C(F)(F)F)c1)CC2. The molecule has 7 nitrogen and oxygen atoms in total. The highest BCUT2D eigenvalue weighted by Gasteiger charge is 2.34. The van der Waals surface area contributed by atoms with Gasteiger partial charge in [-0.25, -0.2) is 9.48 Å². The molecule has 0 spiro atoms. The van der Waals surface area contributed by atoms with Crippen LogP contribution in [-0.2, 0) is 12.7 Å². The smallest absolute Gasteiger partial charge is 0.416 e. The third-order valence-corrected chi connectivity index (χ3v) is 5.61. The second-order valence-electron chi connectivity index (χ2n) is 7.83. The number of fused-ring (bicyclic) bond motifs is 1. The second kappa shape index (κ2) is 8.27. The number of alkyl halides is 3. The van der Waals surface area contributed by atoms with E-state index in [1.54, 1.807) is 41.6 Å². The number of carboxylic acids is 1. The molecule has 0 fully saturated rings. The molecule has 0 aliphatic carbocycles. The van der Waals surface area contributed by atoms with Crippen LogP contribution in [0, 0.1) is 6.92 Å². The first kappa shape index (κ1) is 22.4. The fourth-order valence-corrected chi connectivity index (χ4v) is 3.93. The summed E-state index contributed by atoms with van der Waals surface area (Å²) in [6.45, 7) is 4.26. The first-order valence-electron chi connectivity index (χ1n) is 10.2. The van der Waals surface area contributed by atoms with E-state index in [9.17, 15) is 22.8 Å². The van der Waals surface area contributed by atoms with Crippen molar-refractivity contribution in [3.8, 4) is 0 Å². The summed E-state index contributed by atoms with van der Waals surface area (Å²) in [5.41, 5.74) is 1.17. The van der Waals surface area contributed by atoms with E-state index in [0.29, 0.717) is 41.4 Å². The van der Waals surface area contributed by atoms with Gasteiger partial charge in [0.25, 0.3) is 5.91 Å². The lowest BCUT2D eigenvalue weighted by molar-refractivity contribution is -0.137. The van der Waals surface area contributed by atoms with Gasteiger partial charge in [-0.15, -0.1) is 0 Å². The number of aromatic nitrogens is 2. The summed E-state index contributed by atoms with van der Waals surface area (Å²) in [6.07, 6.45) is -4.47. The number of nitrogens with one attached hydrogen (secondary N) is 1. The molecule has 3 aromatic rings. The summed E-state index contributed by atoms with van der Waals surface area (Å²) >= 11 is 0. The van der Waals surface area contributed by atoms with Crippen molar-refractivity contribution in [1.82, 2.24) is 15.1 Å². The molecule has 10 heteroatoms. The molecule has 1 aromatic heterocycles. The van der Waals surface area contributed by atoms with Gasteiger partial charge < -0.3 is 15.3 Å². The normalized spacial score (nSPS) is 14.2. The fourth-order valence-electron chi connectivity index (χ4n) is 3.93. The zero-order chi connectivity index (χ0) is 23.9. The predicted molar refractivity (Wildman–Crippen MR) is 115 cm³/mol. The predicted octanol–water partition coefficient (Wildman–Crippen LogP) is 4.55. The quantitative estimate of drug-likeness (QED) is 0.586. The summed E-state index contributed by atoms with van der Waals surface area (Å²) in [5.74, 6) is -1.01. The average molecular weight is 458 g/mol. The van der Waals surface area contributed by atoms with E-state index in [-0.39, 0.29) is 5.56 Å². The van der Waals surface area contributed by atoms with Crippen LogP contribution in [0.5, 0.6) is 0 Å². The molecular weight excluding hydrogens is 437 g/mol. The number of rotatable bonds is 5. The zero-order valence-corrected chi connectivity index (χ0v) is 17.8. The number of anilines is 2. The largest absolute Gasteiger partial charge is 0.478 e. The van der Waals surface area contributed by atoms with Crippen molar-refractivity contribution in [1.29, 1.82) is 0 Å². The van der Waals surface area contributed by atoms with Gasteiger partial charge in [-0.05, 0) is 49.7 Å². The van der Waals surface area contributed by atoms with Crippen molar-refractivity contribution in [2.75, 3.05) is 11.4 Å². The summed E-state index contributed by atoms with van der Waals surface area (Å²) < 4.78 is 41.2. The lowest BCUT2D eigenvalue weighted by Crippen LogP contribution is -2.28. The molecule has 0 saturated heterocycles. The van der Waals surface area contributed by atoms with Gasteiger partial charge in [0.05, 0.1) is 29.4 Å². The number of hydrogen-bond acceptors (Lipinski definition) is 4. The van der Waals surface area contributed by atoms with Crippen molar-refractivity contribution >= 4 is 23.4 Å². The molecular formula is C23H21F3N4O3. The molecule has 0 saturated carbocycles. The van der Waals surface area contributed by atoms with Crippen LogP contribution in [-0.4, -0.2) is 33.3 Å². The summed E-state index contributed by atoms with van der Waals surface area (Å²) in [7, 11) is 0. The Kier molecular flexibility index (Phi) is 5.61. The number of hydrogen-bond donors (Lipinski definition) is 2. The molecule has 33 heavy (non-hydrogen) atoms. The van der Waals surface area contributed by atoms with Crippen LogP contribution in [0.4, 0.5) is 24.7 Å². The third kappa shape index (κ3) is 4.28. The van der Waals surface area contributed by atoms with E-state index in [1.165, 1.54) is 18.2 Å². The van der Waals surface area contributed by atoms with Crippen LogP contribution in [0.3, 0.4) is 0 Å². The highest BCUT2D eigenvalue weighted by Crippen LogP contribution is 2.38. The average Bonchev–Trinajstić information content (AvgIpc) is 3.30. The number of carbonyl (C=O) groups is 2. The van der Waals surface area contributed by atoms with Gasteiger partial charge in [-0.1, -0.05) is 18.2 Å². The number of aromatic carboxylic acids is 1. The van der Waals surface area contributed by atoms with E-state index < -0.39 is 29.7 Å².